The molecule has 0 bridgehead atoms. The normalized spacial score (nSPS) is 11.9. The molecule has 22 heavy (non-hydrogen) atoms. The Morgan fingerprint density at radius 2 is 2.05 bits per heavy atom. The third-order valence-corrected chi connectivity index (χ3v) is 3.25. The largest absolute Gasteiger partial charge is 0.462 e. The molecule has 0 fully saturated rings. The molecule has 2 aromatic rings. The van der Waals surface area contributed by atoms with Gasteiger partial charge in [-0.05, 0) is 44.5 Å². The Morgan fingerprint density at radius 3 is 2.64 bits per heavy atom. The Kier molecular flexibility index (Phi) is 5.31. The number of allylic oxidation sites excluding steroid dienone is 4. The predicted octanol–water partition coefficient (Wildman–Crippen LogP) is 4.23. The van der Waals surface area contributed by atoms with Crippen molar-refractivity contribution >= 4 is 11.5 Å². The highest BCUT2D eigenvalue weighted by atomic mass is 16.5. The molecular weight excluding hydrogens is 276 g/mol. The van der Waals surface area contributed by atoms with Crippen molar-refractivity contribution in [3.63, 3.8) is 0 Å². The molecular formula is C18H20N2O2. The van der Waals surface area contributed by atoms with Gasteiger partial charge in [0, 0.05) is 23.7 Å². The highest BCUT2D eigenvalue weighted by Gasteiger charge is 2.18. The third kappa shape index (κ3) is 3.34. The Labute approximate surface area is 130 Å². The molecule has 1 N–H and O–H groups in total. The summed E-state index contributed by atoms with van der Waals surface area (Å²) in [4.78, 5) is 19.6. The molecule has 0 saturated heterocycles. The zero-order valence-corrected chi connectivity index (χ0v) is 13.1. The minimum Gasteiger partial charge on any atom is -0.462 e. The molecule has 0 saturated carbocycles. The number of nitrogens with zero attached hydrogens (tertiary/aromatic N) is 1. The van der Waals surface area contributed by atoms with Gasteiger partial charge in [-0.25, -0.2) is 4.79 Å². The zero-order valence-electron chi connectivity index (χ0n) is 13.1. The van der Waals surface area contributed by atoms with Crippen LogP contribution in [0.3, 0.4) is 0 Å². The molecule has 0 unspecified atom stereocenters. The molecule has 0 atom stereocenters. The van der Waals surface area contributed by atoms with Gasteiger partial charge in [0.05, 0.1) is 17.9 Å². The quantitative estimate of drug-likeness (QED) is 0.663. The maximum absolute atomic E-state index is 12.2. The Bertz CT molecular complexity index is 697. The van der Waals surface area contributed by atoms with E-state index >= 15 is 0 Å². The first-order valence-electron chi connectivity index (χ1n) is 7.31. The van der Waals surface area contributed by atoms with Crippen molar-refractivity contribution in [2.45, 2.75) is 20.8 Å². The first-order valence-corrected chi connectivity index (χ1v) is 7.31. The lowest BCUT2D eigenvalue weighted by atomic mass is 10.1. The number of carbonyl (C=O) groups excluding carboxylic acids is 1. The van der Waals surface area contributed by atoms with Crippen LogP contribution in [0.15, 0.2) is 48.8 Å². The molecule has 0 radical (unpaired) electrons. The molecule has 4 nitrogen and oxygen atoms in total. The van der Waals surface area contributed by atoms with Crippen molar-refractivity contribution in [3.05, 3.63) is 60.1 Å². The first kappa shape index (κ1) is 15.8. The summed E-state index contributed by atoms with van der Waals surface area (Å²) in [6.45, 7) is 6.04. The minimum atomic E-state index is -0.321. The summed E-state index contributed by atoms with van der Waals surface area (Å²) in [6, 6.07) is 5.63. The number of H-pyrrole nitrogens is 1. The van der Waals surface area contributed by atoms with Crippen molar-refractivity contribution in [2.24, 2.45) is 0 Å². The van der Waals surface area contributed by atoms with Crippen molar-refractivity contribution < 1.29 is 9.53 Å². The fourth-order valence-corrected chi connectivity index (χ4v) is 2.24. The van der Waals surface area contributed by atoms with E-state index in [4.69, 9.17) is 4.74 Å². The van der Waals surface area contributed by atoms with E-state index in [-0.39, 0.29) is 5.97 Å². The minimum absolute atomic E-state index is 0.321. The number of aromatic amines is 1. The van der Waals surface area contributed by atoms with E-state index in [0.717, 1.165) is 22.5 Å². The van der Waals surface area contributed by atoms with Crippen molar-refractivity contribution in [1.29, 1.82) is 0 Å². The van der Waals surface area contributed by atoms with Crippen LogP contribution in [-0.4, -0.2) is 22.5 Å². The number of hydrogen-bond donors (Lipinski definition) is 1. The van der Waals surface area contributed by atoms with Gasteiger partial charge >= 0.3 is 5.97 Å². The summed E-state index contributed by atoms with van der Waals surface area (Å²) in [5.41, 5.74) is 4.10. The Balaban J connectivity index is 2.55. The van der Waals surface area contributed by atoms with Crippen molar-refractivity contribution in [1.82, 2.24) is 9.97 Å². The van der Waals surface area contributed by atoms with E-state index in [0.29, 0.717) is 12.2 Å². The Morgan fingerprint density at radius 1 is 1.32 bits per heavy atom. The van der Waals surface area contributed by atoms with Crippen LogP contribution in [0.5, 0.6) is 0 Å². The van der Waals surface area contributed by atoms with E-state index in [9.17, 15) is 4.79 Å². The first-order chi connectivity index (χ1) is 10.7. The fraction of sp³-hybridized carbons (Fsp3) is 0.222. The summed E-state index contributed by atoms with van der Waals surface area (Å²) in [7, 11) is 0. The lowest BCUT2D eigenvalue weighted by molar-refractivity contribution is 0.0526. The molecule has 0 aliphatic carbocycles. The number of esters is 1. The second-order valence-electron chi connectivity index (χ2n) is 4.67. The maximum Gasteiger partial charge on any atom is 0.340 e. The van der Waals surface area contributed by atoms with Gasteiger partial charge in [0.25, 0.3) is 0 Å². The van der Waals surface area contributed by atoms with Gasteiger partial charge in [-0.1, -0.05) is 18.2 Å². The van der Waals surface area contributed by atoms with Crippen LogP contribution in [0.2, 0.25) is 0 Å². The van der Waals surface area contributed by atoms with E-state index in [2.05, 4.69) is 9.97 Å². The van der Waals surface area contributed by atoms with Crippen LogP contribution in [0.4, 0.5) is 0 Å². The van der Waals surface area contributed by atoms with E-state index < -0.39 is 0 Å². The number of aromatic nitrogens is 2. The fourth-order valence-electron chi connectivity index (χ4n) is 2.24. The Hall–Kier alpha value is -2.62. The average molecular weight is 296 g/mol. The summed E-state index contributed by atoms with van der Waals surface area (Å²) in [6.07, 6.45) is 9.32. The molecule has 2 heterocycles. The van der Waals surface area contributed by atoms with Crippen LogP contribution in [-0.2, 0) is 4.74 Å². The summed E-state index contributed by atoms with van der Waals surface area (Å²) in [5.74, 6) is -0.321. The van der Waals surface area contributed by atoms with Gasteiger partial charge in [-0.15, -0.1) is 0 Å². The molecule has 4 heteroatoms. The zero-order chi connectivity index (χ0) is 15.9. The average Bonchev–Trinajstić information content (AvgIpc) is 2.99. The lowest BCUT2D eigenvalue weighted by Gasteiger charge is -2.04. The van der Waals surface area contributed by atoms with Gasteiger partial charge < -0.3 is 9.72 Å². The van der Waals surface area contributed by atoms with Gasteiger partial charge in [0.2, 0.25) is 0 Å². The van der Waals surface area contributed by atoms with Crippen LogP contribution >= 0.6 is 0 Å². The molecule has 2 rings (SSSR count). The van der Waals surface area contributed by atoms with E-state index in [1.807, 2.05) is 50.3 Å². The van der Waals surface area contributed by atoms with Crippen LogP contribution in [0.1, 0.15) is 36.8 Å². The number of carbonyl (C=O) groups is 1. The summed E-state index contributed by atoms with van der Waals surface area (Å²) >= 11 is 0. The lowest BCUT2D eigenvalue weighted by Crippen LogP contribution is -2.06. The predicted molar refractivity (Wildman–Crippen MR) is 88.4 cm³/mol. The standard InChI is InChI=1S/C18H20N2O2/c1-4-7-13(5-2)17-15(18(21)22-6-3)12-16(20-17)14-8-10-19-11-9-14/h4-5,7-12,20H,6H2,1-3H3/b7-4-,13-5+. The van der Waals surface area contributed by atoms with Crippen molar-refractivity contribution in [2.75, 3.05) is 6.61 Å². The molecule has 0 aliphatic heterocycles. The second-order valence-corrected chi connectivity index (χ2v) is 4.67. The third-order valence-electron chi connectivity index (χ3n) is 3.25. The van der Waals surface area contributed by atoms with Gasteiger partial charge in [0.15, 0.2) is 0 Å². The smallest absolute Gasteiger partial charge is 0.340 e. The summed E-state index contributed by atoms with van der Waals surface area (Å²) < 4.78 is 5.17. The van der Waals surface area contributed by atoms with Crippen LogP contribution < -0.4 is 0 Å². The van der Waals surface area contributed by atoms with Crippen LogP contribution in [0, 0.1) is 0 Å². The highest BCUT2D eigenvalue weighted by molar-refractivity contribution is 5.97. The number of ether oxygens (including phenoxy) is 1. The second kappa shape index (κ2) is 7.41. The maximum atomic E-state index is 12.2. The van der Waals surface area contributed by atoms with Crippen molar-refractivity contribution in [3.8, 4) is 11.3 Å². The monoisotopic (exact) mass is 296 g/mol. The SMILES string of the molecule is C/C=C\C(=C/C)c1[nH]c(-c2ccncc2)cc1C(=O)OCC. The number of rotatable bonds is 5. The highest BCUT2D eigenvalue weighted by Crippen LogP contribution is 2.27. The molecule has 114 valence electrons. The van der Waals surface area contributed by atoms with Gasteiger partial charge in [-0.2, -0.15) is 0 Å². The van der Waals surface area contributed by atoms with Gasteiger partial charge in [0.1, 0.15) is 0 Å². The molecule has 0 amide bonds. The number of hydrogen-bond acceptors (Lipinski definition) is 3. The van der Waals surface area contributed by atoms with Gasteiger partial charge in [-0.3, -0.25) is 4.98 Å². The molecule has 0 spiro atoms. The molecule has 2 aromatic heterocycles. The van der Waals surface area contributed by atoms with E-state index in [1.54, 1.807) is 19.3 Å². The summed E-state index contributed by atoms with van der Waals surface area (Å²) in [5, 5.41) is 0. The topological polar surface area (TPSA) is 55.0 Å². The van der Waals surface area contributed by atoms with Crippen LogP contribution in [0.25, 0.3) is 16.8 Å². The number of pyridine rings is 1. The number of nitrogens with one attached hydrogen (secondary N) is 1. The molecule has 0 aliphatic rings. The molecule has 0 aromatic carbocycles. The van der Waals surface area contributed by atoms with E-state index in [1.165, 1.54) is 0 Å².